The van der Waals surface area contributed by atoms with E-state index in [1.54, 1.807) is 11.6 Å². The van der Waals surface area contributed by atoms with Gasteiger partial charge in [-0.3, -0.25) is 14.3 Å². The number of carboxylic acid groups (broad SMARTS) is 1. The molecule has 3 heterocycles. The summed E-state index contributed by atoms with van der Waals surface area (Å²) in [6, 6.07) is -0.810. The summed E-state index contributed by atoms with van der Waals surface area (Å²) in [5.41, 5.74) is 2.19. The topological polar surface area (TPSA) is 95.7 Å². The van der Waals surface area contributed by atoms with Crippen molar-refractivity contribution in [1.29, 1.82) is 0 Å². The lowest BCUT2D eigenvalue weighted by Gasteiger charge is -2.48. The van der Waals surface area contributed by atoms with Gasteiger partial charge in [-0.25, -0.2) is 4.79 Å². The smallest absolute Gasteiger partial charge is 0.326 e. The fourth-order valence-electron chi connectivity index (χ4n) is 4.36. The molecule has 0 aromatic carbocycles. The summed E-state index contributed by atoms with van der Waals surface area (Å²) < 4.78 is 1.73. The zero-order chi connectivity index (χ0) is 19.9. The van der Waals surface area contributed by atoms with Gasteiger partial charge in [0.15, 0.2) is 0 Å². The van der Waals surface area contributed by atoms with Crippen LogP contribution in [0.5, 0.6) is 0 Å². The first kappa shape index (κ1) is 19.4. The van der Waals surface area contributed by atoms with Crippen LogP contribution in [-0.2, 0) is 16.6 Å². The largest absolute Gasteiger partial charge is 0.480 e. The minimum Gasteiger partial charge on any atom is -0.480 e. The molecule has 0 saturated carbocycles. The van der Waals surface area contributed by atoms with Crippen molar-refractivity contribution in [1.82, 2.24) is 19.6 Å². The average molecular weight is 376 g/mol. The quantitative estimate of drug-likeness (QED) is 0.859. The summed E-state index contributed by atoms with van der Waals surface area (Å²) in [5.74, 6) is -1.05. The monoisotopic (exact) mass is 376 g/mol. The maximum Gasteiger partial charge on any atom is 0.326 e. The van der Waals surface area contributed by atoms with E-state index in [2.05, 4.69) is 5.10 Å². The first-order valence-corrected chi connectivity index (χ1v) is 9.47. The summed E-state index contributed by atoms with van der Waals surface area (Å²) in [6.07, 6.45) is 2.72. The van der Waals surface area contributed by atoms with E-state index in [9.17, 15) is 19.5 Å². The normalized spacial score (nSPS) is 20.8. The molecule has 1 atom stereocenters. The van der Waals surface area contributed by atoms with Gasteiger partial charge in [0.2, 0.25) is 5.91 Å². The lowest BCUT2D eigenvalue weighted by molar-refractivity contribution is -0.154. The van der Waals surface area contributed by atoms with Crippen LogP contribution in [-0.4, -0.2) is 68.1 Å². The number of hydrogen-bond acceptors (Lipinski definition) is 4. The van der Waals surface area contributed by atoms with Crippen LogP contribution < -0.4 is 0 Å². The van der Waals surface area contributed by atoms with Crippen molar-refractivity contribution < 1.29 is 19.5 Å². The van der Waals surface area contributed by atoms with Gasteiger partial charge in [0, 0.05) is 38.8 Å². The van der Waals surface area contributed by atoms with Crippen molar-refractivity contribution in [3.63, 3.8) is 0 Å². The molecule has 0 bridgehead atoms. The summed E-state index contributed by atoms with van der Waals surface area (Å²) in [6.45, 7) is 7.02. The number of aliphatic carboxylic acids is 1. The third-order valence-corrected chi connectivity index (χ3v) is 6.35. The van der Waals surface area contributed by atoms with E-state index >= 15 is 0 Å². The molecular weight excluding hydrogens is 348 g/mol. The molecule has 0 radical (unpaired) electrons. The number of likely N-dealkylation sites (tertiary alicyclic amines) is 2. The molecule has 3 rings (SSSR count). The van der Waals surface area contributed by atoms with E-state index in [4.69, 9.17) is 0 Å². The Morgan fingerprint density at radius 3 is 2.33 bits per heavy atom. The Bertz CT molecular complexity index is 777. The zero-order valence-electron chi connectivity index (χ0n) is 16.5. The van der Waals surface area contributed by atoms with E-state index in [1.807, 2.05) is 25.8 Å². The van der Waals surface area contributed by atoms with Crippen LogP contribution in [0.4, 0.5) is 0 Å². The van der Waals surface area contributed by atoms with E-state index < -0.39 is 12.0 Å². The van der Waals surface area contributed by atoms with Crippen molar-refractivity contribution in [2.45, 2.75) is 52.5 Å². The minimum atomic E-state index is -0.976. The Labute approximate surface area is 159 Å². The number of nitrogens with zero attached hydrogens (tertiary/aromatic N) is 4. The highest BCUT2D eigenvalue weighted by Crippen LogP contribution is 2.41. The summed E-state index contributed by atoms with van der Waals surface area (Å²) in [5, 5.41) is 13.6. The Hall–Kier alpha value is -2.38. The van der Waals surface area contributed by atoms with Crippen LogP contribution in [0, 0.1) is 19.3 Å². The van der Waals surface area contributed by atoms with Crippen LogP contribution in [0.25, 0.3) is 0 Å². The Morgan fingerprint density at radius 1 is 1.19 bits per heavy atom. The van der Waals surface area contributed by atoms with Gasteiger partial charge < -0.3 is 14.9 Å². The summed E-state index contributed by atoms with van der Waals surface area (Å²) in [7, 11) is 1.83. The maximum absolute atomic E-state index is 13.0. The minimum absolute atomic E-state index is 0.00981. The standard InChI is InChI=1S/C19H28N4O4/c1-12-16(13(2)21(4)20-12)17(25)22-9-7-19(8-10-22)6-5-15(24)23(11-19)14(3)18(26)27/h14H,5-11H2,1-4H3,(H,26,27)/t14-/m0/s1. The van der Waals surface area contributed by atoms with Gasteiger partial charge in [-0.1, -0.05) is 0 Å². The van der Waals surface area contributed by atoms with Crippen LogP contribution in [0.2, 0.25) is 0 Å². The number of aryl methyl sites for hydroxylation is 2. The van der Waals surface area contributed by atoms with Crippen molar-refractivity contribution in [3.8, 4) is 0 Å². The van der Waals surface area contributed by atoms with Gasteiger partial charge in [-0.15, -0.1) is 0 Å². The Morgan fingerprint density at radius 2 is 1.81 bits per heavy atom. The zero-order valence-corrected chi connectivity index (χ0v) is 16.5. The number of aromatic nitrogens is 2. The second-order valence-electron chi connectivity index (χ2n) is 8.00. The highest BCUT2D eigenvalue weighted by atomic mass is 16.4. The van der Waals surface area contributed by atoms with Crippen LogP contribution in [0.15, 0.2) is 0 Å². The second-order valence-corrected chi connectivity index (χ2v) is 8.00. The Balaban J connectivity index is 1.70. The lowest BCUT2D eigenvalue weighted by atomic mass is 9.72. The molecule has 1 spiro atoms. The SMILES string of the molecule is Cc1nn(C)c(C)c1C(=O)N1CCC2(CCC(=O)N([C@@H](C)C(=O)O)C2)CC1. The van der Waals surface area contributed by atoms with Crippen LogP contribution in [0.3, 0.4) is 0 Å². The Kier molecular flexibility index (Phi) is 5.01. The van der Waals surface area contributed by atoms with E-state index in [0.29, 0.717) is 31.6 Å². The maximum atomic E-state index is 13.0. The summed E-state index contributed by atoms with van der Waals surface area (Å²) in [4.78, 5) is 39.8. The highest BCUT2D eigenvalue weighted by Gasteiger charge is 2.44. The van der Waals surface area contributed by atoms with E-state index in [1.165, 1.54) is 4.90 Å². The van der Waals surface area contributed by atoms with Gasteiger partial charge >= 0.3 is 5.97 Å². The van der Waals surface area contributed by atoms with Gasteiger partial charge in [0.25, 0.3) is 5.91 Å². The van der Waals surface area contributed by atoms with Crippen molar-refractivity contribution >= 4 is 17.8 Å². The van der Waals surface area contributed by atoms with Gasteiger partial charge in [-0.05, 0) is 45.4 Å². The molecule has 27 heavy (non-hydrogen) atoms. The lowest BCUT2D eigenvalue weighted by Crippen LogP contribution is -2.55. The first-order chi connectivity index (χ1) is 12.6. The number of amides is 2. The average Bonchev–Trinajstić information content (AvgIpc) is 2.89. The molecule has 1 aromatic rings. The van der Waals surface area contributed by atoms with Crippen molar-refractivity contribution in [3.05, 3.63) is 17.0 Å². The molecule has 1 N–H and O–H groups in total. The number of hydrogen-bond donors (Lipinski definition) is 1. The number of carbonyl (C=O) groups excluding carboxylic acids is 2. The molecule has 1 aromatic heterocycles. The first-order valence-electron chi connectivity index (χ1n) is 9.47. The van der Waals surface area contributed by atoms with Crippen molar-refractivity contribution in [2.24, 2.45) is 12.5 Å². The molecule has 2 fully saturated rings. The third-order valence-electron chi connectivity index (χ3n) is 6.35. The molecule has 2 aliphatic heterocycles. The molecule has 8 nitrogen and oxygen atoms in total. The summed E-state index contributed by atoms with van der Waals surface area (Å²) >= 11 is 0. The van der Waals surface area contributed by atoms with E-state index in [0.717, 1.165) is 30.7 Å². The number of piperidine rings is 2. The molecule has 8 heteroatoms. The predicted molar refractivity (Wildman–Crippen MR) is 98.3 cm³/mol. The van der Waals surface area contributed by atoms with Crippen molar-refractivity contribution in [2.75, 3.05) is 19.6 Å². The highest BCUT2D eigenvalue weighted by molar-refractivity contribution is 5.96. The molecule has 0 aliphatic carbocycles. The molecular formula is C19H28N4O4. The fraction of sp³-hybridized carbons (Fsp3) is 0.684. The van der Waals surface area contributed by atoms with Gasteiger partial charge in [-0.2, -0.15) is 5.10 Å². The molecule has 2 amide bonds. The van der Waals surface area contributed by atoms with Gasteiger partial charge in [0.05, 0.1) is 11.3 Å². The van der Waals surface area contributed by atoms with Crippen LogP contribution in [0.1, 0.15) is 54.4 Å². The number of carbonyl (C=O) groups is 3. The predicted octanol–water partition coefficient (Wildman–Crippen LogP) is 1.35. The van der Waals surface area contributed by atoms with E-state index in [-0.39, 0.29) is 17.2 Å². The molecule has 2 aliphatic rings. The number of carboxylic acids is 1. The molecule has 0 unspecified atom stereocenters. The van der Waals surface area contributed by atoms with Gasteiger partial charge in [0.1, 0.15) is 6.04 Å². The molecule has 148 valence electrons. The fourth-order valence-corrected chi connectivity index (χ4v) is 4.36. The third kappa shape index (κ3) is 3.44. The van der Waals surface area contributed by atoms with Crippen LogP contribution >= 0.6 is 0 Å². The second kappa shape index (κ2) is 6.98. The number of rotatable bonds is 3. The molecule has 2 saturated heterocycles.